The first kappa shape index (κ1) is 29.1. The number of nitro benzene ring substituents is 1. The second-order valence-corrected chi connectivity index (χ2v) is 11.6. The third-order valence-electron chi connectivity index (χ3n) is 8.80. The number of nitro groups is 1. The number of ether oxygens (including phenoxy) is 1. The Morgan fingerprint density at radius 3 is 2.34 bits per heavy atom. The summed E-state index contributed by atoms with van der Waals surface area (Å²) >= 11 is 0. The van der Waals surface area contributed by atoms with Gasteiger partial charge in [0, 0.05) is 50.9 Å². The number of carbonyl (C=O) groups excluding carboxylic acids is 1. The van der Waals surface area contributed by atoms with E-state index < -0.39 is 22.4 Å². The maximum atomic E-state index is 13.3. The van der Waals surface area contributed by atoms with Crippen molar-refractivity contribution in [2.75, 3.05) is 31.1 Å². The van der Waals surface area contributed by atoms with E-state index in [0.29, 0.717) is 37.4 Å². The van der Waals surface area contributed by atoms with Gasteiger partial charge in [0.1, 0.15) is 17.1 Å². The highest BCUT2D eigenvalue weighted by Crippen LogP contribution is 2.38. The molecule has 3 aliphatic rings. The van der Waals surface area contributed by atoms with Gasteiger partial charge in [0.2, 0.25) is 5.91 Å². The van der Waals surface area contributed by atoms with Crippen LogP contribution >= 0.6 is 0 Å². The van der Waals surface area contributed by atoms with Gasteiger partial charge in [0.05, 0.1) is 11.0 Å². The zero-order valence-electron chi connectivity index (χ0n) is 23.2. The van der Waals surface area contributed by atoms with Crippen molar-refractivity contribution < 1.29 is 27.6 Å². The first-order valence-corrected chi connectivity index (χ1v) is 14.7. The molecule has 0 atom stereocenters. The lowest BCUT2D eigenvalue weighted by Crippen LogP contribution is -2.49. The number of piperazine rings is 1. The smallest absolute Gasteiger partial charge is 0.423 e. The minimum Gasteiger partial charge on any atom is -0.490 e. The molecule has 8 nitrogen and oxygen atoms in total. The number of amides is 1. The number of hydrogen-bond donors (Lipinski definition) is 0. The van der Waals surface area contributed by atoms with Crippen LogP contribution < -0.4 is 9.64 Å². The lowest BCUT2D eigenvalue weighted by atomic mass is 9.83. The zero-order chi connectivity index (χ0) is 29.0. The molecule has 0 unspecified atom stereocenters. The lowest BCUT2D eigenvalue weighted by molar-refractivity contribution is -0.388. The molecule has 1 aliphatic heterocycles. The SMILES string of the molecule is O=C(CC1CCCC1)N1CCN(c2cc(OC3CCC(Cc4ccc([N+](=O)[O-])c(C(F)(F)F)c4)CC3)ccn2)CC1. The molecular formula is C30H37F3N4O4. The fourth-order valence-electron chi connectivity index (χ4n) is 6.50. The number of rotatable bonds is 8. The second kappa shape index (κ2) is 12.7. The topological polar surface area (TPSA) is 88.8 Å². The molecule has 11 heteroatoms. The van der Waals surface area contributed by atoms with Gasteiger partial charge in [-0.2, -0.15) is 13.2 Å². The van der Waals surface area contributed by atoms with Crippen molar-refractivity contribution >= 4 is 17.4 Å². The van der Waals surface area contributed by atoms with E-state index in [9.17, 15) is 28.1 Å². The van der Waals surface area contributed by atoms with Crippen LogP contribution in [0.25, 0.3) is 0 Å². The highest BCUT2D eigenvalue weighted by atomic mass is 19.4. The van der Waals surface area contributed by atoms with Gasteiger partial charge in [-0.3, -0.25) is 14.9 Å². The van der Waals surface area contributed by atoms with Crippen LogP contribution in [-0.2, 0) is 17.4 Å². The van der Waals surface area contributed by atoms with Gasteiger partial charge in [-0.15, -0.1) is 0 Å². The third-order valence-corrected chi connectivity index (χ3v) is 8.80. The van der Waals surface area contributed by atoms with E-state index in [2.05, 4.69) is 9.88 Å². The summed E-state index contributed by atoms with van der Waals surface area (Å²) in [7, 11) is 0. The number of aromatic nitrogens is 1. The summed E-state index contributed by atoms with van der Waals surface area (Å²) in [5, 5.41) is 11.0. The summed E-state index contributed by atoms with van der Waals surface area (Å²) in [5.74, 6) is 2.58. The van der Waals surface area contributed by atoms with E-state index in [4.69, 9.17) is 4.74 Å². The molecule has 0 spiro atoms. The lowest BCUT2D eigenvalue weighted by Gasteiger charge is -2.36. The van der Waals surface area contributed by atoms with E-state index in [1.807, 2.05) is 17.0 Å². The van der Waals surface area contributed by atoms with Crippen molar-refractivity contribution in [2.24, 2.45) is 11.8 Å². The van der Waals surface area contributed by atoms with Crippen LogP contribution in [0.5, 0.6) is 5.75 Å². The van der Waals surface area contributed by atoms with Gasteiger partial charge in [0.15, 0.2) is 0 Å². The largest absolute Gasteiger partial charge is 0.490 e. The number of nitrogens with zero attached hydrogens (tertiary/aromatic N) is 4. The normalized spacial score (nSPS) is 22.1. The molecule has 2 aliphatic carbocycles. The first-order chi connectivity index (χ1) is 19.7. The Hall–Kier alpha value is -3.37. The molecule has 2 heterocycles. The predicted octanol–water partition coefficient (Wildman–Crippen LogP) is 6.42. The first-order valence-electron chi connectivity index (χ1n) is 14.7. The number of anilines is 1. The Kier molecular flexibility index (Phi) is 8.99. The third kappa shape index (κ3) is 7.48. The van der Waals surface area contributed by atoms with E-state index in [0.717, 1.165) is 62.5 Å². The highest BCUT2D eigenvalue weighted by Gasteiger charge is 2.38. The summed E-state index contributed by atoms with van der Waals surface area (Å²) in [5.41, 5.74) is -1.64. The number of benzene rings is 1. The van der Waals surface area contributed by atoms with Crippen LogP contribution in [0, 0.1) is 22.0 Å². The monoisotopic (exact) mass is 574 g/mol. The van der Waals surface area contributed by atoms with Crippen LogP contribution in [0.2, 0.25) is 0 Å². The number of alkyl halides is 3. The number of carbonyl (C=O) groups is 1. The molecule has 2 aromatic rings. The summed E-state index contributed by atoms with van der Waals surface area (Å²) in [6.07, 6.45) is 6.09. The van der Waals surface area contributed by atoms with Crippen molar-refractivity contribution in [1.82, 2.24) is 9.88 Å². The molecule has 41 heavy (non-hydrogen) atoms. The molecule has 0 radical (unpaired) electrons. The Balaban J connectivity index is 1.09. The van der Waals surface area contributed by atoms with Crippen LogP contribution in [0.4, 0.5) is 24.7 Å². The fourth-order valence-corrected chi connectivity index (χ4v) is 6.50. The molecule has 1 saturated heterocycles. The number of halogens is 3. The van der Waals surface area contributed by atoms with Crippen molar-refractivity contribution in [1.29, 1.82) is 0 Å². The van der Waals surface area contributed by atoms with E-state index in [1.165, 1.54) is 31.7 Å². The van der Waals surface area contributed by atoms with Crippen LogP contribution in [-0.4, -0.2) is 53.0 Å². The Morgan fingerprint density at radius 2 is 1.68 bits per heavy atom. The quantitative estimate of drug-likeness (QED) is 0.267. The highest BCUT2D eigenvalue weighted by molar-refractivity contribution is 5.76. The van der Waals surface area contributed by atoms with Crippen LogP contribution in [0.3, 0.4) is 0 Å². The average Bonchev–Trinajstić information content (AvgIpc) is 3.47. The predicted molar refractivity (Wildman–Crippen MR) is 148 cm³/mol. The Morgan fingerprint density at radius 1 is 0.976 bits per heavy atom. The van der Waals surface area contributed by atoms with E-state index in [1.54, 1.807) is 6.20 Å². The van der Waals surface area contributed by atoms with Gasteiger partial charge in [-0.1, -0.05) is 18.9 Å². The van der Waals surface area contributed by atoms with Crippen molar-refractivity contribution in [3.8, 4) is 5.75 Å². The van der Waals surface area contributed by atoms with Gasteiger partial charge in [-0.05, 0) is 74.5 Å². The molecule has 5 rings (SSSR count). The van der Waals surface area contributed by atoms with Crippen molar-refractivity contribution in [2.45, 2.75) is 76.5 Å². The van der Waals surface area contributed by atoms with E-state index >= 15 is 0 Å². The van der Waals surface area contributed by atoms with Gasteiger partial charge < -0.3 is 14.5 Å². The number of pyridine rings is 1. The molecule has 1 aromatic heterocycles. The van der Waals surface area contributed by atoms with Gasteiger partial charge in [0.25, 0.3) is 5.69 Å². The Bertz CT molecular complexity index is 1220. The standard InChI is InChI=1S/C30H37F3N4O4/c31-30(32,33)26-18-23(7-10-27(26)37(39)40)17-22-5-8-24(9-6-22)41-25-11-12-34-28(20-25)35-13-15-36(16-14-35)29(38)19-21-3-1-2-4-21/h7,10-12,18,20-22,24H,1-6,8-9,13-17,19H2. The molecule has 1 amide bonds. The molecule has 0 N–H and O–H groups in total. The van der Waals surface area contributed by atoms with Gasteiger partial charge >= 0.3 is 6.18 Å². The molecule has 0 bridgehead atoms. The maximum absolute atomic E-state index is 13.3. The molecule has 222 valence electrons. The minimum absolute atomic E-state index is 0.00848. The number of hydrogen-bond acceptors (Lipinski definition) is 6. The Labute approximate surface area is 238 Å². The van der Waals surface area contributed by atoms with E-state index in [-0.39, 0.29) is 17.9 Å². The van der Waals surface area contributed by atoms with Crippen LogP contribution in [0.15, 0.2) is 36.5 Å². The molecule has 1 aromatic carbocycles. The maximum Gasteiger partial charge on any atom is 0.423 e. The summed E-state index contributed by atoms with van der Waals surface area (Å²) in [6.45, 7) is 2.86. The molecule has 2 saturated carbocycles. The minimum atomic E-state index is -4.77. The molecular weight excluding hydrogens is 537 g/mol. The summed E-state index contributed by atoms with van der Waals surface area (Å²) < 4.78 is 46.3. The van der Waals surface area contributed by atoms with Gasteiger partial charge in [-0.25, -0.2) is 4.98 Å². The summed E-state index contributed by atoms with van der Waals surface area (Å²) in [6, 6.07) is 7.09. The zero-order valence-corrected chi connectivity index (χ0v) is 23.2. The fraction of sp³-hybridized carbons (Fsp3) is 0.600. The average molecular weight is 575 g/mol. The van der Waals surface area contributed by atoms with Crippen LogP contribution in [0.1, 0.15) is 68.9 Å². The second-order valence-electron chi connectivity index (χ2n) is 11.6. The molecule has 3 fully saturated rings. The summed E-state index contributed by atoms with van der Waals surface area (Å²) in [4.78, 5) is 31.4. The van der Waals surface area contributed by atoms with Crippen molar-refractivity contribution in [3.63, 3.8) is 0 Å². The van der Waals surface area contributed by atoms with Crippen molar-refractivity contribution in [3.05, 3.63) is 57.8 Å².